The van der Waals surface area contributed by atoms with E-state index in [1.165, 1.54) is 0 Å². The van der Waals surface area contributed by atoms with Gasteiger partial charge < -0.3 is 11.5 Å². The Morgan fingerprint density at radius 2 is 1.13 bits per heavy atom. The summed E-state index contributed by atoms with van der Waals surface area (Å²) in [6, 6.07) is 0. The van der Waals surface area contributed by atoms with Gasteiger partial charge >= 0.3 is 261 Å². The molecule has 0 radical (unpaired) electrons. The summed E-state index contributed by atoms with van der Waals surface area (Å²) in [7, 11) is 0. The molecule has 0 aromatic rings. The number of hydrogen-bond acceptors (Lipinski definition) is 1. The van der Waals surface area contributed by atoms with Gasteiger partial charge in [-0.2, -0.15) is 0 Å². The Bertz CT molecular complexity index is 72.4. The number of nitrogens with one attached hydrogen (secondary N) is 1. The Labute approximate surface area is 291 Å². The van der Waals surface area contributed by atoms with Crippen LogP contribution in [-0.2, 0) is 4.79 Å². The van der Waals surface area contributed by atoms with E-state index in [4.69, 9.17) is 0 Å². The first-order valence-electron chi connectivity index (χ1n) is 5.66. The van der Waals surface area contributed by atoms with Crippen molar-refractivity contribution < 1.29 is 63.0 Å². The van der Waals surface area contributed by atoms with Gasteiger partial charge in [0.2, 0.25) is 5.91 Å². The molecule has 0 aromatic heterocycles. The summed E-state index contributed by atoms with van der Waals surface area (Å²) < 4.78 is 0. The van der Waals surface area contributed by atoms with Crippen molar-refractivity contribution in [2.75, 3.05) is 6.54 Å². The van der Waals surface area contributed by atoms with E-state index in [1.54, 1.807) is 0 Å². The number of amides is 1. The van der Waals surface area contributed by atoms with Gasteiger partial charge in [-0.3, -0.25) is 4.79 Å². The summed E-state index contributed by atoms with van der Waals surface area (Å²) in [5, 5.41) is 2.57. The molecule has 3 nitrogen and oxygen atoms in total. The zero-order valence-electron chi connectivity index (χ0n) is 12.4. The number of hydrogen-bond donors (Lipinski definition) is 1. The molecule has 0 bridgehead atoms. The average molecular weight is 715 g/mol. The zero-order valence-corrected chi connectivity index (χ0v) is 46.8. The Hall–Kier alpha value is 12.1. The number of nitrogens with two attached hydrogens (primary N) is 1. The second-order valence-corrected chi connectivity index (χ2v) is 1.10. The molecule has 15 heavy (non-hydrogen) atoms. The summed E-state index contributed by atoms with van der Waals surface area (Å²) in [6.07, 6.45) is 0.736. The van der Waals surface area contributed by atoms with E-state index in [0.29, 0.717) is 0 Å². The van der Waals surface area contributed by atoms with E-state index in [2.05, 4.69) is 5.32 Å². The average Bonchev–Trinajstić information content (AvgIpc) is 2.26. The van der Waals surface area contributed by atoms with E-state index >= 15 is 0 Å². The molecular formula is C5H13N2ORb7. The molecule has 0 aliphatic carbocycles. The standard InChI is InChI=1S/C3H5NO.C2H6.H2N.7Rb/c5-3-1-2-4-3;1-2;;;;;;;;/h1-2H2,(H,4,5);1-2H3;1H2;;;;;;;/q;;-1;;;;;;;+1. The minimum absolute atomic E-state index is 0. The number of β-lactam (4-membered cyclic amide) rings is 1. The van der Waals surface area contributed by atoms with Gasteiger partial charge in [0.1, 0.15) is 0 Å². The van der Waals surface area contributed by atoms with Crippen LogP contribution >= 0.6 is 0 Å². The van der Waals surface area contributed by atoms with Gasteiger partial charge in [-0.25, -0.2) is 0 Å². The van der Waals surface area contributed by atoms with Crippen molar-refractivity contribution >= 4 is 209 Å². The molecule has 0 saturated carbocycles. The monoisotopic (exact) mass is 711 g/mol. The van der Waals surface area contributed by atoms with Crippen LogP contribution in [-0.4, -0.2) is 216 Å². The fraction of sp³-hybridized carbons (Fsp3) is 0.800. The first-order valence-corrected chi connectivity index (χ1v) is 108. The van der Waals surface area contributed by atoms with Gasteiger partial charge in [0.05, 0.1) is 0 Å². The third-order valence-electron chi connectivity index (χ3n) is 0.674. The second kappa shape index (κ2) is 50.2. The van der Waals surface area contributed by atoms with Crippen molar-refractivity contribution in [1.82, 2.24) is 5.32 Å². The van der Waals surface area contributed by atoms with Gasteiger partial charge in [-0.05, 0) is 0 Å². The Morgan fingerprint density at radius 1 is 1.00 bits per heavy atom. The van der Waals surface area contributed by atoms with Crippen molar-refractivity contribution in [3.63, 3.8) is 0 Å². The molecule has 1 amide bonds. The van der Waals surface area contributed by atoms with Gasteiger partial charge in [-0.15, -0.1) is 0 Å². The van der Waals surface area contributed by atoms with E-state index in [-0.39, 0.29) is 70.2 Å². The molecule has 1 rings (SSSR count). The molecule has 1 aliphatic heterocycles. The van der Waals surface area contributed by atoms with Crippen molar-refractivity contribution in [2.45, 2.75) is 20.3 Å². The van der Waals surface area contributed by atoms with Gasteiger partial charge in [0, 0.05) is 13.0 Å². The quantitative estimate of drug-likeness (QED) is 0.256. The number of carbonyl (C=O) groups excluding carboxylic acids is 1. The third-order valence-corrected chi connectivity index (χ3v) is 0.674. The summed E-state index contributed by atoms with van der Waals surface area (Å²) in [6.45, 7) is 4.89. The fourth-order valence-corrected chi connectivity index (χ4v) is 0.227. The molecule has 1 saturated heterocycles. The molecule has 0 atom stereocenters. The molecule has 1 fully saturated rings. The number of rotatable bonds is 0. The molecule has 0 aromatic carbocycles. The Balaban J connectivity index is -0.0000000182. The summed E-state index contributed by atoms with van der Waals surface area (Å²) in [5.41, 5.74) is 0. The zero-order chi connectivity index (χ0) is 11.7. The Kier molecular flexibility index (Phi) is 139. The topological polar surface area (TPSA) is 62.6 Å². The van der Waals surface area contributed by atoms with Crippen LogP contribution in [0.4, 0.5) is 0 Å². The van der Waals surface area contributed by atoms with E-state index in [0.717, 1.165) is 216 Å². The SMILES string of the molecule is CC.O=C1CCN1.[NH2-].[Rb+].[Rb][Rb].[Rb][Rb].[Rb][Rb]. The van der Waals surface area contributed by atoms with Crippen molar-refractivity contribution in [3.05, 3.63) is 6.15 Å². The normalized spacial score (nSPS) is 8.80. The van der Waals surface area contributed by atoms with Crippen molar-refractivity contribution in [3.8, 4) is 0 Å². The van der Waals surface area contributed by atoms with E-state index in [9.17, 15) is 4.79 Å². The van der Waals surface area contributed by atoms with Crippen LogP contribution in [0.5, 0.6) is 0 Å². The van der Waals surface area contributed by atoms with Crippen molar-refractivity contribution in [2.24, 2.45) is 0 Å². The van der Waals surface area contributed by atoms with Crippen LogP contribution < -0.4 is 63.5 Å². The molecule has 0 unspecified atom stereocenters. The molecular weight excluding hydrogens is 702 g/mol. The van der Waals surface area contributed by atoms with Gasteiger partial charge in [0.25, 0.3) is 0 Å². The van der Waals surface area contributed by atoms with Gasteiger partial charge in [-0.1, -0.05) is 13.8 Å². The summed E-state index contributed by atoms with van der Waals surface area (Å²) in [4.78, 5) is 9.79. The summed E-state index contributed by atoms with van der Waals surface area (Å²) >= 11 is 6.96. The van der Waals surface area contributed by atoms with Crippen LogP contribution in [0.2, 0.25) is 0 Å². The predicted molar refractivity (Wildman–Crippen MR) is 68.8 cm³/mol. The van der Waals surface area contributed by atoms with E-state index in [1.807, 2.05) is 13.8 Å². The first kappa shape index (κ1) is 41.4. The molecule has 1 aliphatic rings. The predicted octanol–water partition coefficient (Wildman–Crippen LogP) is -4.03. The maximum absolute atomic E-state index is 9.79. The van der Waals surface area contributed by atoms with Crippen LogP contribution in [0.3, 0.4) is 0 Å². The second-order valence-electron chi connectivity index (χ2n) is 1.10. The van der Waals surface area contributed by atoms with Crippen LogP contribution in [0, 0.1) is 0 Å². The number of carbonyl (C=O) groups is 1. The molecule has 10 heteroatoms. The first-order chi connectivity index (χ1) is 6.39. The minimum atomic E-state index is 0. The molecule has 56 valence electrons. The van der Waals surface area contributed by atoms with Crippen molar-refractivity contribution in [1.29, 1.82) is 0 Å². The molecule has 3 N–H and O–H groups in total. The third kappa shape index (κ3) is 46.3. The summed E-state index contributed by atoms with van der Waals surface area (Å²) in [5.74, 6) is 0.185. The fourth-order valence-electron chi connectivity index (χ4n) is 0.227. The molecule has 0 spiro atoms. The van der Waals surface area contributed by atoms with Crippen LogP contribution in [0.1, 0.15) is 20.3 Å². The maximum atomic E-state index is 9.79. The van der Waals surface area contributed by atoms with E-state index < -0.39 is 0 Å². The molecule has 1 heterocycles. The Morgan fingerprint density at radius 3 is 1.13 bits per heavy atom. The van der Waals surface area contributed by atoms with Gasteiger partial charge in [0.15, 0.2) is 0 Å². The van der Waals surface area contributed by atoms with Crippen LogP contribution in [0.25, 0.3) is 6.15 Å². The van der Waals surface area contributed by atoms with Crippen LogP contribution in [0.15, 0.2) is 0 Å².